The molecule has 0 unspecified atom stereocenters. The fourth-order valence-electron chi connectivity index (χ4n) is 4.34. The van der Waals surface area contributed by atoms with Gasteiger partial charge in [-0.2, -0.15) is 0 Å². The van der Waals surface area contributed by atoms with E-state index in [0.29, 0.717) is 0 Å². The van der Waals surface area contributed by atoms with Crippen LogP contribution in [0.5, 0.6) is 0 Å². The van der Waals surface area contributed by atoms with Gasteiger partial charge in [0.15, 0.2) is 0 Å². The highest BCUT2D eigenvalue weighted by Crippen LogP contribution is 2.34. The van der Waals surface area contributed by atoms with Crippen LogP contribution in [0.15, 0.2) is 36.5 Å². The molecule has 1 saturated heterocycles. The van der Waals surface area contributed by atoms with Crippen molar-refractivity contribution >= 4 is 5.91 Å². The molecule has 2 heterocycles. The summed E-state index contributed by atoms with van der Waals surface area (Å²) in [6.45, 7) is 1.66. The first-order valence-corrected chi connectivity index (χ1v) is 9.64. The topological polar surface area (TPSA) is 36.4 Å². The highest BCUT2D eigenvalue weighted by molar-refractivity contribution is 5.95. The van der Waals surface area contributed by atoms with Gasteiger partial charge in [0.2, 0.25) is 0 Å². The van der Waals surface area contributed by atoms with Crippen molar-refractivity contribution in [2.24, 2.45) is 0 Å². The number of fused-ring (bicyclic) bond motifs is 1. The van der Waals surface area contributed by atoms with Gasteiger partial charge in [0.25, 0.3) is 5.91 Å². The van der Waals surface area contributed by atoms with Crippen molar-refractivity contribution in [1.29, 1.82) is 0 Å². The van der Waals surface area contributed by atoms with Crippen LogP contribution in [0.2, 0.25) is 0 Å². The molecule has 4 nitrogen and oxygen atoms in total. The quantitative estimate of drug-likeness (QED) is 0.846. The maximum Gasteiger partial charge on any atom is 0.254 e. The SMILES string of the molecule is CN(C)Cc1cc([C@H]2CCCN2C(=O)c2ccc3c(c2)CCC3)ccn1. The van der Waals surface area contributed by atoms with Crippen molar-refractivity contribution in [3.63, 3.8) is 0 Å². The van der Waals surface area contributed by atoms with Crippen LogP contribution in [0, 0.1) is 0 Å². The van der Waals surface area contributed by atoms with Gasteiger partial charge in [-0.1, -0.05) is 6.07 Å². The molecular weight excluding hydrogens is 322 g/mol. The Hall–Kier alpha value is -2.20. The number of carbonyl (C=O) groups excluding carboxylic acids is 1. The molecule has 1 atom stereocenters. The molecule has 1 aliphatic carbocycles. The van der Waals surface area contributed by atoms with Crippen molar-refractivity contribution in [2.45, 2.75) is 44.7 Å². The third-order valence-corrected chi connectivity index (χ3v) is 5.56. The van der Waals surface area contributed by atoms with E-state index < -0.39 is 0 Å². The molecule has 0 saturated carbocycles. The molecule has 4 heteroatoms. The lowest BCUT2D eigenvalue weighted by atomic mass is 10.0. The van der Waals surface area contributed by atoms with E-state index in [9.17, 15) is 4.79 Å². The van der Waals surface area contributed by atoms with E-state index in [4.69, 9.17) is 0 Å². The molecule has 136 valence electrons. The number of nitrogens with zero attached hydrogens (tertiary/aromatic N) is 3. The molecule has 4 rings (SSSR count). The van der Waals surface area contributed by atoms with E-state index >= 15 is 0 Å². The first-order valence-electron chi connectivity index (χ1n) is 9.64. The number of aromatic nitrogens is 1. The summed E-state index contributed by atoms with van der Waals surface area (Å²) < 4.78 is 0. The van der Waals surface area contributed by atoms with Gasteiger partial charge in [0.1, 0.15) is 0 Å². The minimum absolute atomic E-state index is 0.166. The van der Waals surface area contributed by atoms with Gasteiger partial charge < -0.3 is 9.80 Å². The molecule has 2 aliphatic rings. The molecular formula is C22H27N3O. The molecule has 1 aromatic carbocycles. The number of hydrogen-bond acceptors (Lipinski definition) is 3. The van der Waals surface area contributed by atoms with E-state index in [2.05, 4.69) is 39.0 Å². The van der Waals surface area contributed by atoms with Crippen LogP contribution >= 0.6 is 0 Å². The maximum absolute atomic E-state index is 13.2. The normalized spacial score (nSPS) is 19.2. The average molecular weight is 349 g/mol. The molecule has 2 aromatic rings. The third-order valence-electron chi connectivity index (χ3n) is 5.56. The summed E-state index contributed by atoms with van der Waals surface area (Å²) in [5, 5.41) is 0. The van der Waals surface area contributed by atoms with E-state index in [1.54, 1.807) is 0 Å². The van der Waals surface area contributed by atoms with Crippen LogP contribution in [0.25, 0.3) is 0 Å². The van der Waals surface area contributed by atoms with Crippen LogP contribution in [0.3, 0.4) is 0 Å². The summed E-state index contributed by atoms with van der Waals surface area (Å²) in [7, 11) is 4.10. The summed E-state index contributed by atoms with van der Waals surface area (Å²) in [6, 6.07) is 10.7. The second kappa shape index (κ2) is 7.20. The molecule has 0 radical (unpaired) electrons. The van der Waals surface area contributed by atoms with Crippen LogP contribution < -0.4 is 0 Å². The minimum Gasteiger partial charge on any atom is -0.332 e. The Labute approximate surface area is 155 Å². The third kappa shape index (κ3) is 3.38. The Morgan fingerprint density at radius 1 is 1.15 bits per heavy atom. The number of hydrogen-bond donors (Lipinski definition) is 0. The van der Waals surface area contributed by atoms with Crippen LogP contribution in [0.4, 0.5) is 0 Å². The zero-order valence-electron chi connectivity index (χ0n) is 15.7. The molecule has 1 aliphatic heterocycles. The zero-order valence-corrected chi connectivity index (χ0v) is 15.7. The summed E-state index contributed by atoms with van der Waals surface area (Å²) in [6.07, 6.45) is 7.45. The molecule has 0 spiro atoms. The monoisotopic (exact) mass is 349 g/mol. The first kappa shape index (κ1) is 17.2. The lowest BCUT2D eigenvalue weighted by molar-refractivity contribution is 0.0735. The number of amides is 1. The van der Waals surface area contributed by atoms with Crippen LogP contribution in [-0.2, 0) is 19.4 Å². The molecule has 1 amide bonds. The van der Waals surface area contributed by atoms with Crippen molar-refractivity contribution in [1.82, 2.24) is 14.8 Å². The van der Waals surface area contributed by atoms with Gasteiger partial charge >= 0.3 is 0 Å². The summed E-state index contributed by atoms with van der Waals surface area (Å²) in [5.41, 5.74) is 5.90. The van der Waals surface area contributed by atoms with Gasteiger partial charge in [-0.05, 0) is 87.2 Å². The number of benzene rings is 1. The zero-order chi connectivity index (χ0) is 18.1. The second-order valence-electron chi connectivity index (χ2n) is 7.81. The van der Waals surface area contributed by atoms with Crippen molar-refractivity contribution in [3.8, 4) is 0 Å². The molecule has 26 heavy (non-hydrogen) atoms. The van der Waals surface area contributed by atoms with Crippen molar-refractivity contribution < 1.29 is 4.79 Å². The Morgan fingerprint density at radius 2 is 2.00 bits per heavy atom. The van der Waals surface area contributed by atoms with Crippen LogP contribution in [0.1, 0.15) is 58.0 Å². The molecule has 1 fully saturated rings. The number of pyridine rings is 1. The van der Waals surface area contributed by atoms with Crippen molar-refractivity contribution in [2.75, 3.05) is 20.6 Å². The summed E-state index contributed by atoms with van der Waals surface area (Å²) in [4.78, 5) is 21.8. The van der Waals surface area contributed by atoms with Gasteiger partial charge in [-0.3, -0.25) is 9.78 Å². The predicted octanol–water partition coefficient (Wildman–Crippen LogP) is 3.61. The Morgan fingerprint density at radius 3 is 2.85 bits per heavy atom. The standard InChI is InChI=1S/C22H27N3O/c1-24(2)15-20-14-18(10-11-23-20)21-7-4-12-25(21)22(26)19-9-8-16-5-3-6-17(16)13-19/h8-11,13-14,21H,3-7,12,15H2,1-2H3/t21-/m1/s1. The number of likely N-dealkylation sites (tertiary alicyclic amines) is 1. The minimum atomic E-state index is 0.166. The van der Waals surface area contributed by atoms with Gasteiger partial charge in [0, 0.05) is 24.8 Å². The number of rotatable bonds is 4. The van der Waals surface area contributed by atoms with E-state index in [0.717, 1.165) is 50.0 Å². The number of carbonyl (C=O) groups is 1. The smallest absolute Gasteiger partial charge is 0.254 e. The fraction of sp³-hybridized carbons (Fsp3) is 0.455. The number of aryl methyl sites for hydroxylation is 2. The largest absolute Gasteiger partial charge is 0.332 e. The first-order chi connectivity index (χ1) is 12.6. The van der Waals surface area contributed by atoms with Gasteiger partial charge in [-0.25, -0.2) is 0 Å². The van der Waals surface area contributed by atoms with Gasteiger partial charge in [-0.15, -0.1) is 0 Å². The molecule has 0 bridgehead atoms. The lowest BCUT2D eigenvalue weighted by Gasteiger charge is -2.26. The summed E-state index contributed by atoms with van der Waals surface area (Å²) in [5.74, 6) is 0.174. The Kier molecular flexibility index (Phi) is 4.77. The Bertz CT molecular complexity index is 815. The average Bonchev–Trinajstić information content (AvgIpc) is 3.29. The van der Waals surface area contributed by atoms with E-state index in [1.165, 1.54) is 23.1 Å². The Balaban J connectivity index is 1.57. The molecule has 1 aromatic heterocycles. The van der Waals surface area contributed by atoms with E-state index in [-0.39, 0.29) is 11.9 Å². The summed E-state index contributed by atoms with van der Waals surface area (Å²) >= 11 is 0. The van der Waals surface area contributed by atoms with Crippen molar-refractivity contribution in [3.05, 3.63) is 64.5 Å². The predicted molar refractivity (Wildman–Crippen MR) is 103 cm³/mol. The van der Waals surface area contributed by atoms with Gasteiger partial charge in [0.05, 0.1) is 11.7 Å². The molecule has 0 N–H and O–H groups in total. The second-order valence-corrected chi connectivity index (χ2v) is 7.81. The van der Waals surface area contributed by atoms with E-state index in [1.807, 2.05) is 26.4 Å². The fourth-order valence-corrected chi connectivity index (χ4v) is 4.34. The van der Waals surface area contributed by atoms with Crippen LogP contribution in [-0.4, -0.2) is 41.3 Å². The highest BCUT2D eigenvalue weighted by Gasteiger charge is 2.31. The lowest BCUT2D eigenvalue weighted by Crippen LogP contribution is -2.30. The maximum atomic E-state index is 13.2. The highest BCUT2D eigenvalue weighted by atomic mass is 16.2.